The number of aromatic nitrogens is 1. The summed E-state index contributed by atoms with van der Waals surface area (Å²) < 4.78 is 0. The van der Waals surface area contributed by atoms with Gasteiger partial charge in [0.15, 0.2) is 0 Å². The first-order chi connectivity index (χ1) is 9.51. The molecule has 2 N–H and O–H groups in total. The van der Waals surface area contributed by atoms with Gasteiger partial charge in [-0.1, -0.05) is 23.7 Å². The molecular weight excluding hydrogens is 270 g/mol. The minimum absolute atomic E-state index is 0.499. The molecule has 0 fully saturated rings. The number of benzene rings is 1. The van der Waals surface area contributed by atoms with Crippen LogP contribution in [0.3, 0.4) is 0 Å². The third-order valence-corrected chi connectivity index (χ3v) is 3.64. The maximum atomic E-state index is 5.92. The molecule has 106 valence electrons. The highest BCUT2D eigenvalue weighted by Gasteiger charge is 2.11. The van der Waals surface area contributed by atoms with E-state index in [9.17, 15) is 0 Å². The summed E-state index contributed by atoms with van der Waals surface area (Å²) in [5, 5.41) is 0.759. The minimum Gasteiger partial charge on any atom is -0.370 e. The predicted molar refractivity (Wildman–Crippen MR) is 85.2 cm³/mol. The molecule has 0 aliphatic heterocycles. The van der Waals surface area contributed by atoms with Gasteiger partial charge in [-0.25, -0.2) is 0 Å². The van der Waals surface area contributed by atoms with Gasteiger partial charge in [0.1, 0.15) is 0 Å². The Kier molecular flexibility index (Phi) is 4.63. The molecule has 1 aromatic carbocycles. The van der Waals surface area contributed by atoms with Crippen molar-refractivity contribution in [3.8, 4) is 0 Å². The van der Waals surface area contributed by atoms with Crippen molar-refractivity contribution in [2.24, 2.45) is 5.73 Å². The molecule has 20 heavy (non-hydrogen) atoms. The Balaban J connectivity index is 2.28. The average Bonchev–Trinajstić information content (AvgIpc) is 2.40. The molecule has 0 radical (unpaired) electrons. The highest BCUT2D eigenvalue weighted by Crippen LogP contribution is 2.24. The second-order valence-corrected chi connectivity index (χ2v) is 5.47. The lowest BCUT2D eigenvalue weighted by molar-refractivity contribution is 0.885. The topological polar surface area (TPSA) is 42.1 Å². The molecule has 4 heteroatoms. The van der Waals surface area contributed by atoms with Crippen LogP contribution in [-0.4, -0.2) is 12.0 Å². The van der Waals surface area contributed by atoms with E-state index in [1.807, 2.05) is 38.1 Å². The van der Waals surface area contributed by atoms with Gasteiger partial charge >= 0.3 is 0 Å². The van der Waals surface area contributed by atoms with Crippen molar-refractivity contribution in [3.05, 3.63) is 57.9 Å². The number of aryl methyl sites for hydroxylation is 2. The summed E-state index contributed by atoms with van der Waals surface area (Å²) in [5.41, 5.74) is 11.3. The van der Waals surface area contributed by atoms with Gasteiger partial charge in [-0.2, -0.15) is 0 Å². The molecule has 1 aromatic heterocycles. The van der Waals surface area contributed by atoms with Crippen LogP contribution in [0.5, 0.6) is 0 Å². The first kappa shape index (κ1) is 14.8. The standard InChI is InChI=1S/C16H20ClN3/c1-11-8-16(15(9-18)12(2)19-11)20(3)10-13-4-6-14(17)7-5-13/h4-8H,9-10,18H2,1-3H3. The van der Waals surface area contributed by atoms with E-state index < -0.39 is 0 Å². The largest absolute Gasteiger partial charge is 0.370 e. The Labute approximate surface area is 125 Å². The second kappa shape index (κ2) is 6.25. The summed E-state index contributed by atoms with van der Waals surface area (Å²) in [6, 6.07) is 10.0. The molecule has 2 rings (SSSR count). The van der Waals surface area contributed by atoms with Crippen LogP contribution in [0.25, 0.3) is 0 Å². The van der Waals surface area contributed by atoms with Gasteiger partial charge in [0.25, 0.3) is 0 Å². The molecule has 0 spiro atoms. The highest BCUT2D eigenvalue weighted by molar-refractivity contribution is 6.30. The summed E-state index contributed by atoms with van der Waals surface area (Å²) in [6.45, 7) is 5.33. The number of hydrogen-bond donors (Lipinski definition) is 1. The first-order valence-electron chi connectivity index (χ1n) is 6.64. The highest BCUT2D eigenvalue weighted by atomic mass is 35.5. The fraction of sp³-hybridized carbons (Fsp3) is 0.312. The van der Waals surface area contributed by atoms with Crippen LogP contribution in [0.1, 0.15) is 22.5 Å². The van der Waals surface area contributed by atoms with Crippen molar-refractivity contribution in [1.82, 2.24) is 4.98 Å². The van der Waals surface area contributed by atoms with Gasteiger partial charge in [0.05, 0.1) is 0 Å². The quantitative estimate of drug-likeness (QED) is 0.937. The van der Waals surface area contributed by atoms with Crippen molar-refractivity contribution in [2.75, 3.05) is 11.9 Å². The fourth-order valence-corrected chi connectivity index (χ4v) is 2.50. The van der Waals surface area contributed by atoms with Crippen molar-refractivity contribution < 1.29 is 0 Å². The maximum absolute atomic E-state index is 5.92. The molecule has 0 unspecified atom stereocenters. The molecule has 2 aromatic rings. The van der Waals surface area contributed by atoms with E-state index in [1.54, 1.807) is 0 Å². The molecule has 0 atom stereocenters. The molecular formula is C16H20ClN3. The lowest BCUT2D eigenvalue weighted by Crippen LogP contribution is -2.20. The van der Waals surface area contributed by atoms with Crippen molar-refractivity contribution in [3.63, 3.8) is 0 Å². The van der Waals surface area contributed by atoms with Crippen LogP contribution in [0.2, 0.25) is 5.02 Å². The van der Waals surface area contributed by atoms with Gasteiger partial charge < -0.3 is 10.6 Å². The van der Waals surface area contributed by atoms with Crippen molar-refractivity contribution in [1.29, 1.82) is 0 Å². The number of hydrogen-bond acceptors (Lipinski definition) is 3. The normalized spacial score (nSPS) is 10.7. The second-order valence-electron chi connectivity index (χ2n) is 5.03. The average molecular weight is 290 g/mol. The van der Waals surface area contributed by atoms with Crippen LogP contribution in [0, 0.1) is 13.8 Å². The summed E-state index contributed by atoms with van der Waals surface area (Å²) in [6.07, 6.45) is 0. The number of pyridine rings is 1. The SMILES string of the molecule is Cc1cc(N(C)Cc2ccc(Cl)cc2)c(CN)c(C)n1. The van der Waals surface area contributed by atoms with Crippen molar-refractivity contribution >= 4 is 17.3 Å². The maximum Gasteiger partial charge on any atom is 0.0448 e. The third-order valence-electron chi connectivity index (χ3n) is 3.38. The molecule has 0 saturated carbocycles. The molecule has 0 bridgehead atoms. The smallest absolute Gasteiger partial charge is 0.0448 e. The van der Waals surface area contributed by atoms with E-state index in [0.717, 1.165) is 34.2 Å². The minimum atomic E-state index is 0.499. The van der Waals surface area contributed by atoms with E-state index in [4.69, 9.17) is 17.3 Å². The van der Waals surface area contributed by atoms with Crippen LogP contribution >= 0.6 is 11.6 Å². The number of rotatable bonds is 4. The molecule has 0 amide bonds. The van der Waals surface area contributed by atoms with Crippen LogP contribution in [0.4, 0.5) is 5.69 Å². The van der Waals surface area contributed by atoms with Crippen LogP contribution < -0.4 is 10.6 Å². The van der Waals surface area contributed by atoms with Crippen molar-refractivity contribution in [2.45, 2.75) is 26.9 Å². The zero-order valence-electron chi connectivity index (χ0n) is 12.2. The number of halogens is 1. The molecule has 0 aliphatic rings. The van der Waals surface area contributed by atoms with E-state index in [2.05, 4.69) is 23.0 Å². The fourth-order valence-electron chi connectivity index (χ4n) is 2.38. The Hall–Kier alpha value is -1.58. The third kappa shape index (κ3) is 3.30. The molecule has 3 nitrogen and oxygen atoms in total. The molecule has 1 heterocycles. The number of anilines is 1. The first-order valence-corrected chi connectivity index (χ1v) is 7.02. The van der Waals surface area contributed by atoms with E-state index in [-0.39, 0.29) is 0 Å². The Morgan fingerprint density at radius 3 is 2.45 bits per heavy atom. The number of nitrogens with two attached hydrogens (primary N) is 1. The Bertz CT molecular complexity index is 593. The van der Waals surface area contributed by atoms with Gasteiger partial charge in [-0.05, 0) is 37.6 Å². The lowest BCUT2D eigenvalue weighted by atomic mass is 10.1. The van der Waals surface area contributed by atoms with E-state index >= 15 is 0 Å². The van der Waals surface area contributed by atoms with Gasteiger partial charge in [0, 0.05) is 47.8 Å². The zero-order valence-corrected chi connectivity index (χ0v) is 12.9. The van der Waals surface area contributed by atoms with Gasteiger partial charge in [0.2, 0.25) is 0 Å². The molecule has 0 aliphatic carbocycles. The summed E-state index contributed by atoms with van der Waals surface area (Å²) >= 11 is 5.92. The zero-order chi connectivity index (χ0) is 14.7. The Morgan fingerprint density at radius 2 is 1.85 bits per heavy atom. The summed E-state index contributed by atoms with van der Waals surface area (Å²) in [7, 11) is 2.07. The number of nitrogens with zero attached hydrogens (tertiary/aromatic N) is 2. The van der Waals surface area contributed by atoms with Crippen LogP contribution in [-0.2, 0) is 13.1 Å². The molecule has 0 saturated heterocycles. The monoisotopic (exact) mass is 289 g/mol. The Morgan fingerprint density at radius 1 is 1.20 bits per heavy atom. The van der Waals surface area contributed by atoms with E-state index in [1.165, 1.54) is 5.56 Å². The van der Waals surface area contributed by atoms with Crippen LogP contribution in [0.15, 0.2) is 30.3 Å². The predicted octanol–water partition coefficient (Wildman–Crippen LogP) is 3.45. The van der Waals surface area contributed by atoms with Gasteiger partial charge in [-0.3, -0.25) is 4.98 Å². The van der Waals surface area contributed by atoms with Gasteiger partial charge in [-0.15, -0.1) is 0 Å². The summed E-state index contributed by atoms with van der Waals surface area (Å²) in [4.78, 5) is 6.68. The van der Waals surface area contributed by atoms with E-state index in [0.29, 0.717) is 6.54 Å². The lowest BCUT2D eigenvalue weighted by Gasteiger charge is -2.23. The summed E-state index contributed by atoms with van der Waals surface area (Å²) in [5.74, 6) is 0.